The van der Waals surface area contributed by atoms with Crippen molar-refractivity contribution in [2.45, 2.75) is 75.7 Å². The van der Waals surface area contributed by atoms with Gasteiger partial charge in [0, 0.05) is 31.1 Å². The average molecular weight is 698 g/mol. The van der Waals surface area contributed by atoms with E-state index in [4.69, 9.17) is 4.79 Å². The zero-order chi connectivity index (χ0) is 12.1. The fourth-order valence-electron chi connectivity index (χ4n) is 0. The van der Waals surface area contributed by atoms with E-state index in [0.29, 0.717) is 0 Å². The summed E-state index contributed by atoms with van der Waals surface area (Å²) in [5.74, 6) is 0. The van der Waals surface area contributed by atoms with Crippen LogP contribution in [0.4, 0.5) is 0 Å². The first kappa shape index (κ1) is 62.1. The number of rotatable bonds is 1. The molecular formula is C14H37OU2-. The second kappa shape index (κ2) is 219. The number of hydrogen-bond donors (Lipinski definition) is 0. The molecule has 0 rings (SSSR count). The van der Waals surface area contributed by atoms with Gasteiger partial charge in [-0.15, -0.1) is 0 Å². The summed E-state index contributed by atoms with van der Waals surface area (Å²) in [5.41, 5.74) is 0. The molecule has 0 saturated carbocycles. The summed E-state index contributed by atoms with van der Waals surface area (Å²) in [6, 6.07) is 0. The molecule has 0 fully saturated rings. The van der Waals surface area contributed by atoms with Crippen molar-refractivity contribution in [2.24, 2.45) is 0 Å². The van der Waals surface area contributed by atoms with Gasteiger partial charge in [0.05, 0.1) is 0 Å². The first-order valence-electron chi connectivity index (χ1n) is 4.98. The molecule has 1 nitrogen and oxygen atoms in total. The van der Waals surface area contributed by atoms with E-state index >= 15 is 0 Å². The Morgan fingerprint density at radius 1 is 0.765 bits per heavy atom. The van der Waals surface area contributed by atoms with Crippen molar-refractivity contribution >= 4 is 6.79 Å². The van der Waals surface area contributed by atoms with Crippen LogP contribution in [0.1, 0.15) is 75.7 Å². The fraction of sp³-hybridized carbons (Fsp3) is 0.786. The van der Waals surface area contributed by atoms with E-state index in [0.717, 1.165) is 0 Å². The molecule has 0 spiro atoms. The van der Waals surface area contributed by atoms with Crippen LogP contribution in [0.2, 0.25) is 0 Å². The van der Waals surface area contributed by atoms with Crippen molar-refractivity contribution in [2.75, 3.05) is 0 Å². The molecule has 0 aromatic rings. The Bertz CT molecular complexity index is 28.2. The molecule has 0 heterocycles. The van der Waals surface area contributed by atoms with Gasteiger partial charge in [-0.3, -0.25) is 6.79 Å². The Kier molecular flexibility index (Phi) is 801. The van der Waals surface area contributed by atoms with E-state index in [9.17, 15) is 0 Å². The molecule has 0 amide bonds. The molecule has 3 heteroatoms. The second-order valence-corrected chi connectivity index (χ2v) is 1.71. The van der Waals surface area contributed by atoms with Gasteiger partial charge < -0.3 is 18.6 Å². The van der Waals surface area contributed by atoms with Crippen molar-refractivity contribution in [1.29, 1.82) is 0 Å². The summed E-state index contributed by atoms with van der Waals surface area (Å²) in [5, 5.41) is 0. The Hall–Kier alpha value is 1.77. The second-order valence-electron chi connectivity index (χ2n) is 1.71. The Balaban J connectivity index is -0.00000000656. The summed E-state index contributed by atoms with van der Waals surface area (Å²) in [7, 11) is 0. The van der Waals surface area contributed by atoms with Crippen LogP contribution in [0.25, 0.3) is 0 Å². The van der Waals surface area contributed by atoms with Crippen LogP contribution in [-0.4, -0.2) is 6.79 Å². The normalized spacial score (nSPS) is 3.76. The van der Waals surface area contributed by atoms with Crippen LogP contribution >= 0.6 is 0 Å². The first-order valence-corrected chi connectivity index (χ1v) is 4.98. The van der Waals surface area contributed by atoms with Crippen molar-refractivity contribution in [1.82, 2.24) is 0 Å². The van der Waals surface area contributed by atoms with E-state index in [1.54, 1.807) is 13.8 Å². The largest absolute Gasteiger partial charge is 2.00 e. The Morgan fingerprint density at radius 3 is 0.824 bits per heavy atom. The molecule has 0 aliphatic rings. The third-order valence-electron chi connectivity index (χ3n) is 0.500. The van der Waals surface area contributed by atoms with Crippen LogP contribution in [0.3, 0.4) is 0 Å². The van der Waals surface area contributed by atoms with Crippen molar-refractivity contribution in [3.63, 3.8) is 0 Å². The summed E-state index contributed by atoms with van der Waals surface area (Å²) >= 11 is 0. The summed E-state index contributed by atoms with van der Waals surface area (Å²) in [6.45, 7) is 21.9. The minimum absolute atomic E-state index is 0. The van der Waals surface area contributed by atoms with Gasteiger partial charge >= 0.3 is 31.1 Å². The average Bonchev–Trinajstić information content (AvgIpc) is 2.27. The number of carbonyl (C=O) groups excluding carboxylic acids is 1. The maximum absolute atomic E-state index is 7.75. The van der Waals surface area contributed by atoms with Crippen LogP contribution in [0.5, 0.6) is 0 Å². The topological polar surface area (TPSA) is 17.1 Å². The predicted molar refractivity (Wildman–Crippen MR) is 78.8 cm³/mol. The van der Waals surface area contributed by atoms with Gasteiger partial charge in [0.1, 0.15) is 0 Å². The van der Waals surface area contributed by atoms with Crippen molar-refractivity contribution < 1.29 is 67.0 Å². The van der Waals surface area contributed by atoms with E-state index in [1.807, 2.05) is 0 Å². The van der Waals surface area contributed by atoms with Gasteiger partial charge in [-0.25, -0.2) is 0 Å². The standard InChI is InChI=1S/C4H10.C3H8.2C2H5.CHO.2CH4.2U/c1-3-4-2;1-3-2;3*1-2;;;;/h3-4H2,1-2H3;3H2,1-2H3;2*1H2,2H3;1H;2*1H4;;/q;;3*-1;;;;+2. The monoisotopic (exact) mass is 697 g/mol. The molecule has 0 aromatic heterocycles. The summed E-state index contributed by atoms with van der Waals surface area (Å²) < 4.78 is 0. The molecule has 17 heavy (non-hydrogen) atoms. The third kappa shape index (κ3) is 575. The van der Waals surface area contributed by atoms with Crippen molar-refractivity contribution in [3.8, 4) is 0 Å². The molecule has 0 aliphatic carbocycles. The van der Waals surface area contributed by atoms with Gasteiger partial charge in [-0.05, 0) is 0 Å². The van der Waals surface area contributed by atoms with Gasteiger partial charge in [0.25, 0.3) is 0 Å². The van der Waals surface area contributed by atoms with Crippen molar-refractivity contribution in [3.05, 3.63) is 13.8 Å². The summed E-state index contributed by atoms with van der Waals surface area (Å²) in [6.07, 6.45) is 3.89. The minimum atomic E-state index is 0. The smallest absolute Gasteiger partial charge is 0.545 e. The molecule has 0 radical (unpaired) electrons. The van der Waals surface area contributed by atoms with E-state index in [-0.39, 0.29) is 77.1 Å². The van der Waals surface area contributed by atoms with Crippen LogP contribution in [0, 0.1) is 76.1 Å². The minimum Gasteiger partial charge on any atom is -0.545 e. The fourth-order valence-corrected chi connectivity index (χ4v) is 0. The molecule has 0 unspecified atom stereocenters. The van der Waals surface area contributed by atoms with E-state index < -0.39 is 0 Å². The quantitative estimate of drug-likeness (QED) is 0.247. The molecular weight excluding hydrogens is 660 g/mol. The van der Waals surface area contributed by atoms with Crippen LogP contribution in [0.15, 0.2) is 0 Å². The number of hydrogen-bond acceptors (Lipinski definition) is 1. The van der Waals surface area contributed by atoms with E-state index in [1.165, 1.54) is 19.3 Å². The van der Waals surface area contributed by atoms with Gasteiger partial charge in [-0.1, -0.05) is 61.8 Å². The molecule has 0 bridgehead atoms. The first-order chi connectivity index (χ1) is 6.33. The maximum Gasteiger partial charge on any atom is 2.00 e. The zero-order valence-electron chi connectivity index (χ0n) is 11.5. The predicted octanol–water partition coefficient (Wildman–Crippen LogP) is 5.90. The molecule has 0 aliphatic heterocycles. The molecule has 0 N–H and O–H groups in total. The Labute approximate surface area is 161 Å². The van der Waals surface area contributed by atoms with Gasteiger partial charge in [-0.2, -0.15) is 13.8 Å². The molecule has 0 saturated heterocycles. The SMILES string of the molecule is C.C.CCC.CCCC.[CH-]=O.[CH2-]C.[CH2-]C.[U+2].[U]. The molecule has 108 valence electrons. The zero-order valence-corrected chi connectivity index (χ0v) is 19.8. The Morgan fingerprint density at radius 2 is 0.824 bits per heavy atom. The summed E-state index contributed by atoms with van der Waals surface area (Å²) in [4.78, 5) is 7.75. The maximum atomic E-state index is 7.75. The number of unbranched alkanes of at least 4 members (excludes halogenated alkanes) is 1. The molecule has 0 atom stereocenters. The van der Waals surface area contributed by atoms with Gasteiger partial charge in [0.2, 0.25) is 0 Å². The van der Waals surface area contributed by atoms with Gasteiger partial charge in [0.15, 0.2) is 0 Å². The third-order valence-corrected chi connectivity index (χ3v) is 0.500. The van der Waals surface area contributed by atoms with Crippen LogP contribution < -0.4 is 0 Å². The van der Waals surface area contributed by atoms with E-state index in [2.05, 4.69) is 48.3 Å². The van der Waals surface area contributed by atoms with Crippen LogP contribution in [-0.2, 0) is 4.79 Å². The molecule has 0 aromatic carbocycles.